The Kier molecular flexibility index (Phi) is 3.44. The van der Waals surface area contributed by atoms with E-state index >= 15 is 0 Å². The Hall–Kier alpha value is -1.88. The number of aromatic amines is 1. The molecular formula is C15H12BrFN2O. The van der Waals surface area contributed by atoms with Gasteiger partial charge in [-0.05, 0) is 53.2 Å². The lowest BCUT2D eigenvalue weighted by atomic mass is 10.2. The number of rotatable bonds is 3. The zero-order valence-electron chi connectivity index (χ0n) is 10.8. The molecule has 0 unspecified atom stereocenters. The van der Waals surface area contributed by atoms with Gasteiger partial charge in [-0.15, -0.1) is 0 Å². The summed E-state index contributed by atoms with van der Waals surface area (Å²) in [5.74, 6) is 1.22. The molecular weight excluding hydrogens is 323 g/mol. The lowest BCUT2D eigenvalue weighted by molar-refractivity contribution is 0.340. The maximum atomic E-state index is 13.5. The van der Waals surface area contributed by atoms with Crippen molar-refractivity contribution in [1.82, 2.24) is 9.97 Å². The van der Waals surface area contributed by atoms with E-state index in [0.717, 1.165) is 16.8 Å². The fourth-order valence-corrected chi connectivity index (χ4v) is 2.35. The third kappa shape index (κ3) is 2.41. The molecule has 0 aliphatic carbocycles. The Morgan fingerprint density at radius 2 is 2.00 bits per heavy atom. The van der Waals surface area contributed by atoms with Crippen LogP contribution in [0.5, 0.6) is 5.75 Å². The monoisotopic (exact) mass is 334 g/mol. The lowest BCUT2D eigenvalue weighted by Gasteiger charge is -2.02. The second-order valence-electron chi connectivity index (χ2n) is 4.33. The number of H-pyrrole nitrogens is 1. The number of halogens is 2. The highest BCUT2D eigenvalue weighted by Gasteiger charge is 2.08. The van der Waals surface area contributed by atoms with Gasteiger partial charge in [0.15, 0.2) is 0 Å². The number of fused-ring (bicyclic) bond motifs is 1. The Morgan fingerprint density at radius 1 is 1.25 bits per heavy atom. The van der Waals surface area contributed by atoms with E-state index < -0.39 is 0 Å². The third-order valence-electron chi connectivity index (χ3n) is 2.96. The van der Waals surface area contributed by atoms with Crippen LogP contribution >= 0.6 is 15.9 Å². The van der Waals surface area contributed by atoms with Crippen LogP contribution in [0.25, 0.3) is 22.4 Å². The number of imidazole rings is 1. The summed E-state index contributed by atoms with van der Waals surface area (Å²) in [6.07, 6.45) is 0. The molecule has 5 heteroatoms. The molecule has 3 rings (SSSR count). The van der Waals surface area contributed by atoms with Gasteiger partial charge in [-0.2, -0.15) is 0 Å². The van der Waals surface area contributed by atoms with E-state index in [4.69, 9.17) is 4.74 Å². The van der Waals surface area contributed by atoms with Gasteiger partial charge in [-0.3, -0.25) is 0 Å². The number of hydrogen-bond acceptors (Lipinski definition) is 2. The zero-order chi connectivity index (χ0) is 14.1. The van der Waals surface area contributed by atoms with Crippen LogP contribution in [0.2, 0.25) is 0 Å². The highest BCUT2D eigenvalue weighted by atomic mass is 79.9. The largest absolute Gasteiger partial charge is 0.494 e. The molecule has 20 heavy (non-hydrogen) atoms. The number of hydrogen-bond donors (Lipinski definition) is 1. The van der Waals surface area contributed by atoms with E-state index in [1.807, 2.05) is 31.2 Å². The van der Waals surface area contributed by atoms with Gasteiger partial charge in [-0.25, -0.2) is 9.37 Å². The van der Waals surface area contributed by atoms with Crippen molar-refractivity contribution >= 4 is 27.0 Å². The molecule has 3 nitrogen and oxygen atoms in total. The van der Waals surface area contributed by atoms with Crippen molar-refractivity contribution in [3.8, 4) is 17.1 Å². The smallest absolute Gasteiger partial charge is 0.139 e. The summed E-state index contributed by atoms with van der Waals surface area (Å²) >= 11 is 3.16. The minimum absolute atomic E-state index is 0.306. The molecule has 0 fully saturated rings. The normalized spacial score (nSPS) is 10.9. The van der Waals surface area contributed by atoms with Gasteiger partial charge in [-0.1, -0.05) is 0 Å². The Labute approximate surface area is 123 Å². The number of ether oxygens (including phenoxy) is 1. The van der Waals surface area contributed by atoms with Crippen LogP contribution < -0.4 is 4.74 Å². The minimum atomic E-state index is -0.306. The van der Waals surface area contributed by atoms with Crippen molar-refractivity contribution in [1.29, 1.82) is 0 Å². The van der Waals surface area contributed by atoms with Crippen LogP contribution in [0.4, 0.5) is 4.39 Å². The quantitative estimate of drug-likeness (QED) is 0.764. The van der Waals surface area contributed by atoms with Crippen LogP contribution in [0.3, 0.4) is 0 Å². The Bertz CT molecular complexity index is 713. The average Bonchev–Trinajstić information content (AvgIpc) is 2.83. The standard InChI is InChI=1S/C15H12BrFN2O/c1-2-20-10-5-3-9(4-6-10)15-18-13-7-11(16)12(17)8-14(13)19-15/h3-8H,2H2,1H3,(H,18,19). The molecule has 1 N–H and O–H groups in total. The van der Waals surface area contributed by atoms with Crippen LogP contribution in [0, 0.1) is 5.82 Å². The van der Waals surface area contributed by atoms with Gasteiger partial charge in [0, 0.05) is 11.6 Å². The van der Waals surface area contributed by atoms with Crippen LogP contribution in [0.15, 0.2) is 40.9 Å². The second kappa shape index (κ2) is 5.25. The molecule has 1 aromatic heterocycles. The molecule has 0 aliphatic rings. The van der Waals surface area contributed by atoms with Crippen molar-refractivity contribution in [3.05, 3.63) is 46.7 Å². The maximum absolute atomic E-state index is 13.5. The topological polar surface area (TPSA) is 37.9 Å². The summed E-state index contributed by atoms with van der Waals surface area (Å²) in [5, 5.41) is 0. The summed E-state index contributed by atoms with van der Waals surface area (Å²) in [6, 6.07) is 10.7. The summed E-state index contributed by atoms with van der Waals surface area (Å²) in [7, 11) is 0. The molecule has 0 aliphatic heterocycles. The van der Waals surface area contributed by atoms with E-state index in [1.165, 1.54) is 6.07 Å². The summed E-state index contributed by atoms with van der Waals surface area (Å²) in [5.41, 5.74) is 2.33. The van der Waals surface area contributed by atoms with E-state index in [-0.39, 0.29) is 5.82 Å². The molecule has 0 radical (unpaired) electrons. The van der Waals surface area contributed by atoms with Gasteiger partial charge in [0.2, 0.25) is 0 Å². The third-order valence-corrected chi connectivity index (χ3v) is 3.57. The molecule has 0 saturated heterocycles. The van der Waals surface area contributed by atoms with Crippen molar-refractivity contribution in [2.45, 2.75) is 6.92 Å². The molecule has 1 heterocycles. The van der Waals surface area contributed by atoms with Crippen molar-refractivity contribution < 1.29 is 9.13 Å². The van der Waals surface area contributed by atoms with Crippen molar-refractivity contribution in [2.24, 2.45) is 0 Å². The SMILES string of the molecule is CCOc1ccc(-c2nc3cc(Br)c(F)cc3[nH]2)cc1. The minimum Gasteiger partial charge on any atom is -0.494 e. The first-order chi connectivity index (χ1) is 9.67. The number of aromatic nitrogens is 2. The molecule has 0 bridgehead atoms. The molecule has 2 aromatic carbocycles. The number of benzene rings is 2. The first-order valence-electron chi connectivity index (χ1n) is 6.25. The second-order valence-corrected chi connectivity index (χ2v) is 5.18. The van der Waals surface area contributed by atoms with Gasteiger partial charge in [0.1, 0.15) is 17.4 Å². The first kappa shape index (κ1) is 13.1. The number of nitrogens with zero attached hydrogens (tertiary/aromatic N) is 1. The lowest BCUT2D eigenvalue weighted by Crippen LogP contribution is -1.90. The highest BCUT2D eigenvalue weighted by Crippen LogP contribution is 2.26. The maximum Gasteiger partial charge on any atom is 0.139 e. The van der Waals surface area contributed by atoms with Crippen molar-refractivity contribution in [3.63, 3.8) is 0 Å². The zero-order valence-corrected chi connectivity index (χ0v) is 12.4. The fraction of sp³-hybridized carbons (Fsp3) is 0.133. The van der Waals surface area contributed by atoms with Crippen molar-refractivity contribution in [2.75, 3.05) is 6.61 Å². The predicted octanol–water partition coefficient (Wildman–Crippen LogP) is 4.53. The van der Waals surface area contributed by atoms with Gasteiger partial charge < -0.3 is 9.72 Å². The van der Waals surface area contributed by atoms with Crippen LogP contribution in [-0.4, -0.2) is 16.6 Å². The van der Waals surface area contributed by atoms with Crippen LogP contribution in [-0.2, 0) is 0 Å². The highest BCUT2D eigenvalue weighted by molar-refractivity contribution is 9.10. The predicted molar refractivity (Wildman–Crippen MR) is 80.4 cm³/mol. The average molecular weight is 335 g/mol. The molecule has 102 valence electrons. The molecule has 0 saturated carbocycles. The van der Waals surface area contributed by atoms with E-state index in [1.54, 1.807) is 6.07 Å². The van der Waals surface area contributed by atoms with Gasteiger partial charge >= 0.3 is 0 Å². The summed E-state index contributed by atoms with van der Waals surface area (Å²) in [4.78, 5) is 7.59. The molecule has 0 amide bonds. The van der Waals surface area contributed by atoms with Crippen LogP contribution in [0.1, 0.15) is 6.92 Å². The van der Waals surface area contributed by atoms with E-state index in [0.29, 0.717) is 22.4 Å². The molecule has 0 atom stereocenters. The first-order valence-corrected chi connectivity index (χ1v) is 7.04. The Balaban J connectivity index is 2.01. The Morgan fingerprint density at radius 3 is 2.70 bits per heavy atom. The number of nitrogens with one attached hydrogen (secondary N) is 1. The summed E-state index contributed by atoms with van der Waals surface area (Å²) in [6.45, 7) is 2.58. The fourth-order valence-electron chi connectivity index (χ4n) is 2.02. The van der Waals surface area contributed by atoms with E-state index in [2.05, 4.69) is 25.9 Å². The van der Waals surface area contributed by atoms with Gasteiger partial charge in [0.05, 0.1) is 22.1 Å². The van der Waals surface area contributed by atoms with E-state index in [9.17, 15) is 4.39 Å². The van der Waals surface area contributed by atoms with Gasteiger partial charge in [0.25, 0.3) is 0 Å². The molecule has 3 aromatic rings. The molecule has 0 spiro atoms. The summed E-state index contributed by atoms with van der Waals surface area (Å²) < 4.78 is 19.3.